The Kier molecular flexibility index (Phi) is 7.01. The van der Waals surface area contributed by atoms with Gasteiger partial charge >= 0.3 is 11.9 Å². The van der Waals surface area contributed by atoms with Crippen molar-refractivity contribution in [1.29, 1.82) is 0 Å². The number of nitrogens with zero attached hydrogens (tertiary/aromatic N) is 2. The van der Waals surface area contributed by atoms with Gasteiger partial charge in [0.05, 0.1) is 0 Å². The Hall–Kier alpha value is -1.86. The average molecular weight is 411 g/mol. The highest BCUT2D eigenvalue weighted by Crippen LogP contribution is 2.31. The molecule has 7 heteroatoms. The van der Waals surface area contributed by atoms with Gasteiger partial charge in [0, 0.05) is 47.5 Å². The molecule has 1 aromatic carbocycles. The van der Waals surface area contributed by atoms with Crippen LogP contribution in [0.3, 0.4) is 0 Å². The first-order valence-electron chi connectivity index (χ1n) is 8.23. The molecule has 2 heterocycles. The maximum absolute atomic E-state index is 9.55. The van der Waals surface area contributed by atoms with Gasteiger partial charge in [-0.3, -0.25) is 4.90 Å². The van der Waals surface area contributed by atoms with Crippen molar-refractivity contribution in [2.75, 3.05) is 25.0 Å². The summed E-state index contributed by atoms with van der Waals surface area (Å²) in [5.41, 5.74) is 1.36. The van der Waals surface area contributed by atoms with Crippen molar-refractivity contribution < 1.29 is 19.8 Å². The van der Waals surface area contributed by atoms with Crippen molar-refractivity contribution in [3.8, 4) is 0 Å². The van der Waals surface area contributed by atoms with E-state index in [-0.39, 0.29) is 0 Å². The van der Waals surface area contributed by atoms with Crippen molar-refractivity contribution in [1.82, 2.24) is 4.90 Å². The van der Waals surface area contributed by atoms with Gasteiger partial charge in [-0.15, -0.1) is 0 Å². The van der Waals surface area contributed by atoms with E-state index in [1.54, 1.807) is 0 Å². The van der Waals surface area contributed by atoms with Crippen LogP contribution in [0.4, 0.5) is 5.69 Å². The van der Waals surface area contributed by atoms with Crippen LogP contribution in [0.2, 0.25) is 0 Å². The van der Waals surface area contributed by atoms with Crippen LogP contribution in [0.15, 0.2) is 40.9 Å². The molecule has 2 unspecified atom stereocenters. The van der Waals surface area contributed by atoms with Crippen LogP contribution in [-0.4, -0.2) is 59.3 Å². The zero-order valence-electron chi connectivity index (χ0n) is 14.1. The topological polar surface area (TPSA) is 81.1 Å². The van der Waals surface area contributed by atoms with Gasteiger partial charge in [0.2, 0.25) is 0 Å². The molecule has 25 heavy (non-hydrogen) atoms. The summed E-state index contributed by atoms with van der Waals surface area (Å²) in [5.74, 6) is -2.51. The molecule has 136 valence electrons. The summed E-state index contributed by atoms with van der Waals surface area (Å²) in [6.45, 7) is 2.38. The van der Waals surface area contributed by atoms with Crippen molar-refractivity contribution in [2.24, 2.45) is 0 Å². The largest absolute Gasteiger partial charge is 0.478 e. The minimum atomic E-state index is -1.26. The van der Waals surface area contributed by atoms with Gasteiger partial charge in [0.15, 0.2) is 0 Å². The number of halogens is 1. The predicted octanol–water partition coefficient (Wildman–Crippen LogP) is 2.83. The number of anilines is 1. The molecule has 0 saturated carbocycles. The van der Waals surface area contributed by atoms with E-state index >= 15 is 0 Å². The Balaban J connectivity index is 0.000000242. The molecule has 0 aliphatic carbocycles. The molecule has 2 saturated heterocycles. The van der Waals surface area contributed by atoms with Crippen molar-refractivity contribution in [2.45, 2.75) is 31.3 Å². The van der Waals surface area contributed by atoms with Crippen LogP contribution < -0.4 is 4.90 Å². The summed E-state index contributed by atoms with van der Waals surface area (Å²) in [7, 11) is 2.30. The lowest BCUT2D eigenvalue weighted by molar-refractivity contribution is -0.134. The van der Waals surface area contributed by atoms with Gasteiger partial charge in [0.1, 0.15) is 0 Å². The van der Waals surface area contributed by atoms with Crippen molar-refractivity contribution >= 4 is 33.6 Å². The van der Waals surface area contributed by atoms with Gasteiger partial charge in [-0.05, 0) is 44.5 Å². The lowest BCUT2D eigenvalue weighted by Crippen LogP contribution is -2.36. The molecule has 2 aliphatic heterocycles. The Morgan fingerprint density at radius 2 is 1.76 bits per heavy atom. The number of hydrogen-bond acceptors (Lipinski definition) is 4. The highest BCUT2D eigenvalue weighted by atomic mass is 79.9. The molecule has 2 N–H and O–H groups in total. The number of carboxylic acid groups (broad SMARTS) is 2. The van der Waals surface area contributed by atoms with E-state index in [0.717, 1.165) is 12.1 Å². The second-order valence-corrected chi connectivity index (χ2v) is 7.19. The molecule has 2 atom stereocenters. The Bertz CT molecular complexity index is 634. The third kappa shape index (κ3) is 5.86. The van der Waals surface area contributed by atoms with Crippen LogP contribution in [0.25, 0.3) is 0 Å². The number of carbonyl (C=O) groups is 2. The highest BCUT2D eigenvalue weighted by Gasteiger charge is 2.34. The van der Waals surface area contributed by atoms with E-state index in [4.69, 9.17) is 10.2 Å². The summed E-state index contributed by atoms with van der Waals surface area (Å²) >= 11 is 3.56. The fraction of sp³-hybridized carbons (Fsp3) is 0.444. The molecule has 1 aromatic rings. The maximum Gasteiger partial charge on any atom is 0.328 e. The number of likely N-dealkylation sites (N-methyl/N-ethyl adjacent to an activating group) is 1. The van der Waals surface area contributed by atoms with Crippen LogP contribution in [0.1, 0.15) is 19.3 Å². The van der Waals surface area contributed by atoms with Crippen LogP contribution in [0, 0.1) is 0 Å². The maximum atomic E-state index is 9.55. The van der Waals surface area contributed by atoms with E-state index in [1.807, 2.05) is 0 Å². The molecule has 2 aliphatic rings. The third-order valence-corrected chi connectivity index (χ3v) is 5.18. The van der Waals surface area contributed by atoms with Crippen molar-refractivity contribution in [3.63, 3.8) is 0 Å². The number of carboxylic acids is 2. The van der Waals surface area contributed by atoms with E-state index in [0.29, 0.717) is 12.2 Å². The van der Waals surface area contributed by atoms with E-state index < -0.39 is 11.9 Å². The predicted molar refractivity (Wildman–Crippen MR) is 100.0 cm³/mol. The fourth-order valence-electron chi connectivity index (χ4n) is 3.36. The number of benzene rings is 1. The summed E-state index contributed by atoms with van der Waals surface area (Å²) in [6, 6.07) is 10.3. The van der Waals surface area contributed by atoms with Crippen molar-refractivity contribution in [3.05, 3.63) is 40.9 Å². The van der Waals surface area contributed by atoms with E-state index in [9.17, 15) is 9.59 Å². The summed E-state index contributed by atoms with van der Waals surface area (Å²) in [5, 5.41) is 15.6. The molecule has 0 radical (unpaired) electrons. The minimum Gasteiger partial charge on any atom is -0.478 e. The molecule has 2 fully saturated rings. The quantitative estimate of drug-likeness (QED) is 0.745. The van der Waals surface area contributed by atoms with Gasteiger partial charge in [0.25, 0.3) is 0 Å². The Morgan fingerprint density at radius 1 is 1.12 bits per heavy atom. The Morgan fingerprint density at radius 3 is 2.36 bits per heavy atom. The first kappa shape index (κ1) is 19.5. The normalized spacial score (nSPS) is 23.0. The average Bonchev–Trinajstić information content (AvgIpc) is 2.78. The molecule has 6 nitrogen and oxygen atoms in total. The number of fused-ring (bicyclic) bond motifs is 2. The Labute approximate surface area is 155 Å². The molecule has 3 rings (SSSR count). The molecule has 0 spiro atoms. The van der Waals surface area contributed by atoms with Crippen LogP contribution >= 0.6 is 15.9 Å². The second kappa shape index (κ2) is 9.01. The highest BCUT2D eigenvalue weighted by molar-refractivity contribution is 9.10. The van der Waals surface area contributed by atoms with E-state index in [1.165, 1.54) is 42.5 Å². The summed E-state index contributed by atoms with van der Waals surface area (Å²) in [4.78, 5) is 24.2. The smallest absolute Gasteiger partial charge is 0.328 e. The standard InChI is InChI=1S/C14H19BrN2.C4H4O4/c1-16-12-5-6-14(16)10-17(8-7-12)13-4-2-3-11(15)9-13;5-3(6)1-2-4(7)8/h2-4,9,12,14H,5-8,10H2,1H3;1-2H,(H,5,6)(H,7,8)/b;2-1+. The van der Waals surface area contributed by atoms with Gasteiger partial charge in [-0.1, -0.05) is 22.0 Å². The second-order valence-electron chi connectivity index (χ2n) is 6.27. The number of aliphatic carboxylic acids is 2. The SMILES string of the molecule is CN1C2CCC1CN(c1cccc(Br)c1)CC2.O=C(O)/C=C/C(=O)O. The molecule has 2 bridgehead atoms. The van der Waals surface area contributed by atoms with Gasteiger partial charge < -0.3 is 15.1 Å². The van der Waals surface area contributed by atoms with E-state index in [2.05, 4.69) is 57.0 Å². The summed E-state index contributed by atoms with van der Waals surface area (Å²) < 4.78 is 1.18. The lowest BCUT2D eigenvalue weighted by atomic mass is 10.1. The monoisotopic (exact) mass is 410 g/mol. The van der Waals surface area contributed by atoms with Crippen LogP contribution in [0.5, 0.6) is 0 Å². The third-order valence-electron chi connectivity index (χ3n) is 4.69. The molecular weight excluding hydrogens is 388 g/mol. The fourth-order valence-corrected chi connectivity index (χ4v) is 3.75. The summed E-state index contributed by atoms with van der Waals surface area (Å²) in [6.07, 6.45) is 5.18. The lowest BCUT2D eigenvalue weighted by Gasteiger charge is -2.27. The first-order chi connectivity index (χ1) is 11.9. The molecule has 0 amide bonds. The zero-order chi connectivity index (χ0) is 18.4. The van der Waals surface area contributed by atoms with Crippen LogP contribution in [-0.2, 0) is 9.59 Å². The van der Waals surface area contributed by atoms with Gasteiger partial charge in [-0.25, -0.2) is 9.59 Å². The first-order valence-corrected chi connectivity index (χ1v) is 9.02. The molecular formula is C18H23BrN2O4. The van der Waals surface area contributed by atoms with Gasteiger partial charge in [-0.2, -0.15) is 0 Å². The minimum absolute atomic E-state index is 0.558. The number of rotatable bonds is 3. The zero-order valence-corrected chi connectivity index (χ0v) is 15.7. The number of hydrogen-bond donors (Lipinski definition) is 2. The molecule has 0 aromatic heterocycles.